The molecular weight excluding hydrogens is 558 g/mol. The van der Waals surface area contributed by atoms with Crippen LogP contribution in [0.25, 0.3) is 10.1 Å². The van der Waals surface area contributed by atoms with Gasteiger partial charge in [-0.1, -0.05) is 45.2 Å². The summed E-state index contributed by atoms with van der Waals surface area (Å²) in [5.41, 5.74) is 3.06. The number of anilines is 2. The number of thiophene rings is 1. The van der Waals surface area contributed by atoms with Crippen molar-refractivity contribution < 1.29 is 19.4 Å². The van der Waals surface area contributed by atoms with Crippen LogP contribution in [0.3, 0.4) is 0 Å². The minimum absolute atomic E-state index is 0.0256. The monoisotopic (exact) mass is 605 g/mol. The molecule has 1 amide bonds. The van der Waals surface area contributed by atoms with Crippen LogP contribution in [-0.2, 0) is 14.9 Å². The smallest absolute Gasteiger partial charge is 0.229 e. The fourth-order valence-corrected chi connectivity index (χ4v) is 7.85. The van der Waals surface area contributed by atoms with Gasteiger partial charge in [-0.15, -0.1) is 11.3 Å². The van der Waals surface area contributed by atoms with E-state index < -0.39 is 6.29 Å². The van der Waals surface area contributed by atoms with Crippen LogP contribution in [0.15, 0.2) is 47.8 Å². The molecule has 2 fully saturated rings. The van der Waals surface area contributed by atoms with E-state index in [4.69, 9.17) is 9.47 Å². The molecule has 1 aliphatic carbocycles. The molecule has 7 nitrogen and oxygen atoms in total. The lowest BCUT2D eigenvalue weighted by atomic mass is 9.77. The highest BCUT2D eigenvalue weighted by Gasteiger charge is 2.37. The highest BCUT2D eigenvalue weighted by atomic mass is 32.1. The summed E-state index contributed by atoms with van der Waals surface area (Å²) in [6, 6.07) is 15.0. The van der Waals surface area contributed by atoms with Crippen LogP contribution in [0.2, 0.25) is 0 Å². The Labute approximate surface area is 260 Å². The summed E-state index contributed by atoms with van der Waals surface area (Å²) in [7, 11) is 0. The number of nitrogens with zero attached hydrogens (tertiary/aromatic N) is 3. The fraction of sp³-hybridized carbons (Fsp3) is 0.571. The Hall–Kier alpha value is -2.65. The third-order valence-electron chi connectivity index (χ3n) is 9.63. The van der Waals surface area contributed by atoms with Gasteiger partial charge in [0.05, 0.1) is 12.3 Å². The van der Waals surface area contributed by atoms with Gasteiger partial charge in [0.15, 0.2) is 6.29 Å². The van der Waals surface area contributed by atoms with Gasteiger partial charge in [-0.05, 0) is 67.4 Å². The highest BCUT2D eigenvalue weighted by molar-refractivity contribution is 7.17. The second kappa shape index (κ2) is 13.6. The van der Waals surface area contributed by atoms with E-state index >= 15 is 0 Å². The Morgan fingerprint density at radius 3 is 2.63 bits per heavy atom. The summed E-state index contributed by atoms with van der Waals surface area (Å²) >= 11 is 1.81. The second-order valence-electron chi connectivity index (χ2n) is 13.1. The average Bonchev–Trinajstić information content (AvgIpc) is 3.50. The number of piperazine rings is 1. The molecule has 2 aromatic carbocycles. The quantitative estimate of drug-likeness (QED) is 0.192. The van der Waals surface area contributed by atoms with Crippen LogP contribution in [0, 0.1) is 5.92 Å². The molecule has 3 aliphatic rings. The molecule has 1 unspecified atom stereocenters. The number of rotatable bonds is 11. The van der Waals surface area contributed by atoms with Crippen molar-refractivity contribution in [3.8, 4) is 5.75 Å². The minimum atomic E-state index is -0.829. The maximum Gasteiger partial charge on any atom is 0.229 e. The molecule has 2 aliphatic heterocycles. The van der Waals surface area contributed by atoms with Gasteiger partial charge in [-0.2, -0.15) is 0 Å². The number of unbranched alkanes of at least 4 members (excludes halogenated alkanes) is 1. The largest absolute Gasteiger partial charge is 0.494 e. The third-order valence-corrected chi connectivity index (χ3v) is 10.5. The van der Waals surface area contributed by atoms with Crippen LogP contribution in [-0.4, -0.2) is 68.3 Å². The molecule has 1 aromatic heterocycles. The molecule has 8 heteroatoms. The Morgan fingerprint density at radius 1 is 1.00 bits per heavy atom. The van der Waals surface area contributed by atoms with E-state index in [2.05, 4.69) is 59.4 Å². The van der Waals surface area contributed by atoms with Gasteiger partial charge in [0.1, 0.15) is 12.5 Å². The maximum absolute atomic E-state index is 13.2. The van der Waals surface area contributed by atoms with Gasteiger partial charge < -0.3 is 19.5 Å². The normalized spacial score (nSPS) is 20.4. The van der Waals surface area contributed by atoms with Gasteiger partial charge in [-0.25, -0.2) is 0 Å². The van der Waals surface area contributed by atoms with E-state index in [1.54, 1.807) is 4.90 Å². The zero-order valence-electron chi connectivity index (χ0n) is 25.8. The molecule has 0 bridgehead atoms. The number of hydrogen-bond donors (Lipinski definition) is 1. The zero-order chi connectivity index (χ0) is 29.8. The van der Waals surface area contributed by atoms with Crippen LogP contribution in [0.5, 0.6) is 5.75 Å². The van der Waals surface area contributed by atoms with Crippen molar-refractivity contribution in [3.05, 3.63) is 53.4 Å². The first kappa shape index (κ1) is 30.4. The highest BCUT2D eigenvalue weighted by Crippen LogP contribution is 2.42. The minimum Gasteiger partial charge on any atom is -0.494 e. The van der Waals surface area contributed by atoms with E-state index in [0.717, 1.165) is 88.2 Å². The average molecular weight is 606 g/mol. The van der Waals surface area contributed by atoms with Crippen LogP contribution in [0.1, 0.15) is 70.8 Å². The molecule has 1 N–H and O–H groups in total. The molecule has 3 aromatic rings. The van der Waals surface area contributed by atoms with Crippen molar-refractivity contribution in [1.82, 2.24) is 4.90 Å². The lowest BCUT2D eigenvalue weighted by Gasteiger charge is -2.39. The van der Waals surface area contributed by atoms with E-state index in [1.165, 1.54) is 22.2 Å². The Balaban J connectivity index is 0.978. The predicted molar refractivity (Wildman–Crippen MR) is 175 cm³/mol. The van der Waals surface area contributed by atoms with Crippen molar-refractivity contribution in [3.63, 3.8) is 0 Å². The van der Waals surface area contributed by atoms with E-state index in [0.29, 0.717) is 13.0 Å². The number of aliphatic hydroxyl groups excluding tert-OH is 1. The molecule has 232 valence electrons. The van der Waals surface area contributed by atoms with Crippen molar-refractivity contribution in [2.24, 2.45) is 5.92 Å². The maximum atomic E-state index is 13.2. The van der Waals surface area contributed by atoms with E-state index in [-0.39, 0.29) is 24.0 Å². The van der Waals surface area contributed by atoms with Gasteiger partial charge in [0, 0.05) is 65.8 Å². The second-order valence-corrected chi connectivity index (χ2v) is 14.1. The Morgan fingerprint density at radius 2 is 1.81 bits per heavy atom. The van der Waals surface area contributed by atoms with Crippen molar-refractivity contribution in [2.45, 2.75) is 76.9 Å². The summed E-state index contributed by atoms with van der Waals surface area (Å²) < 4.78 is 13.4. The van der Waals surface area contributed by atoms with E-state index in [9.17, 15) is 9.90 Å². The topological polar surface area (TPSA) is 65.5 Å². The SMILES string of the molecule is CC1(C)CC(=O)N(COC(O)C2CCCCC2)c2cc(OCCCCN3CCN(c4cccc5sccc45)CC3)ccc21. The van der Waals surface area contributed by atoms with Gasteiger partial charge in [0.2, 0.25) is 5.91 Å². The zero-order valence-corrected chi connectivity index (χ0v) is 26.6. The molecular formula is C35H47N3O4S. The number of benzene rings is 2. The Kier molecular flexibility index (Phi) is 9.57. The summed E-state index contributed by atoms with van der Waals surface area (Å²) in [6.07, 6.45) is 7.13. The molecule has 1 saturated carbocycles. The van der Waals surface area contributed by atoms with Crippen molar-refractivity contribution in [2.75, 3.05) is 55.9 Å². The van der Waals surface area contributed by atoms with Gasteiger partial charge >= 0.3 is 0 Å². The molecule has 6 rings (SSSR count). The number of fused-ring (bicyclic) bond motifs is 2. The van der Waals surface area contributed by atoms with Crippen LogP contribution >= 0.6 is 11.3 Å². The van der Waals surface area contributed by atoms with Gasteiger partial charge in [-0.3, -0.25) is 14.6 Å². The molecule has 43 heavy (non-hydrogen) atoms. The van der Waals surface area contributed by atoms with E-state index in [1.807, 2.05) is 23.5 Å². The number of ether oxygens (including phenoxy) is 2. The first-order valence-electron chi connectivity index (χ1n) is 16.2. The third kappa shape index (κ3) is 7.03. The Bertz CT molecular complexity index is 1380. The molecule has 1 atom stereocenters. The standard InChI is InChI=1S/C35H47N3O4S/c1-35(2)24-33(39)38(25-42-34(40)26-9-4-3-5-10-26)31-23-27(13-14-29(31)35)41-21-7-6-16-36-17-19-37(20-18-36)30-11-8-12-32-28(30)15-22-43-32/h8,11-15,22-23,26,34,40H,3-7,9-10,16-21,24-25H2,1-2H3. The summed E-state index contributed by atoms with van der Waals surface area (Å²) in [5, 5.41) is 14.2. The van der Waals surface area contributed by atoms with Crippen LogP contribution in [0.4, 0.5) is 11.4 Å². The first-order chi connectivity index (χ1) is 20.9. The number of carbonyl (C=O) groups excluding carboxylic acids is 1. The summed E-state index contributed by atoms with van der Waals surface area (Å²) in [5.74, 6) is 0.958. The number of carbonyl (C=O) groups is 1. The predicted octanol–water partition coefficient (Wildman–Crippen LogP) is 6.77. The molecule has 0 radical (unpaired) electrons. The first-order valence-corrected chi connectivity index (χ1v) is 17.1. The number of aliphatic hydroxyl groups is 1. The van der Waals surface area contributed by atoms with Crippen molar-refractivity contribution >= 4 is 38.7 Å². The number of amides is 1. The molecule has 3 heterocycles. The molecule has 0 spiro atoms. The lowest BCUT2D eigenvalue weighted by Crippen LogP contribution is -2.46. The summed E-state index contributed by atoms with van der Waals surface area (Å²) in [4.78, 5) is 20.0. The summed E-state index contributed by atoms with van der Waals surface area (Å²) in [6.45, 7) is 10.3. The molecule has 1 saturated heterocycles. The lowest BCUT2D eigenvalue weighted by molar-refractivity contribution is -0.145. The number of hydrogen-bond acceptors (Lipinski definition) is 7. The van der Waals surface area contributed by atoms with Crippen LogP contribution < -0.4 is 14.5 Å². The van der Waals surface area contributed by atoms with Gasteiger partial charge in [0.25, 0.3) is 0 Å². The fourth-order valence-electron chi connectivity index (χ4n) is 7.04. The van der Waals surface area contributed by atoms with Crippen molar-refractivity contribution in [1.29, 1.82) is 0 Å².